The van der Waals surface area contributed by atoms with Crippen molar-refractivity contribution in [1.29, 1.82) is 0 Å². The lowest BCUT2D eigenvalue weighted by molar-refractivity contribution is 0.879. The fourth-order valence-corrected chi connectivity index (χ4v) is 1.40. The molecular formula is C17H25N7. The fourth-order valence-electron chi connectivity index (χ4n) is 1.40. The van der Waals surface area contributed by atoms with Crippen molar-refractivity contribution in [3.8, 4) is 0 Å². The molecule has 0 saturated heterocycles. The first-order chi connectivity index (χ1) is 12.0. The van der Waals surface area contributed by atoms with Gasteiger partial charge in [0.15, 0.2) is 0 Å². The monoisotopic (exact) mass is 327 g/mol. The standard InChI is InChI=1S/C5H7N.3C4H6N2/c1-2-4-6-5-3-1;1-2-6-4-3-5-1;2*1-2-5-4-6-3-1/h1-4,6H,5H2;1-3,6H,4H2;1-2,4H,3H2,(H,5,6);1-3,5H,4H2. The number of nitrogens with one attached hydrogen (secondary N) is 4. The molecule has 0 atom stereocenters. The van der Waals surface area contributed by atoms with Crippen LogP contribution in [-0.2, 0) is 0 Å². The Morgan fingerprint density at radius 1 is 0.750 bits per heavy atom. The van der Waals surface area contributed by atoms with Crippen LogP contribution in [-0.4, -0.2) is 45.1 Å². The molecule has 4 rings (SSSR count). The van der Waals surface area contributed by atoms with Crippen molar-refractivity contribution in [3.63, 3.8) is 0 Å². The van der Waals surface area contributed by atoms with E-state index in [0.29, 0.717) is 0 Å². The highest BCUT2D eigenvalue weighted by molar-refractivity contribution is 5.71. The Bertz CT molecular complexity index is 412. The molecule has 0 saturated carbocycles. The highest BCUT2D eigenvalue weighted by Gasteiger charge is 1.75. The van der Waals surface area contributed by atoms with Gasteiger partial charge in [-0.15, -0.1) is 0 Å². The molecule has 4 N–H and O–H groups in total. The fraction of sp³-hybridized carbons (Fsp3) is 0.235. The smallest absolute Gasteiger partial charge is 0.107 e. The maximum atomic E-state index is 3.85. The number of hydrogen-bond acceptors (Lipinski definition) is 7. The van der Waals surface area contributed by atoms with Gasteiger partial charge in [0.05, 0.1) is 12.9 Å². The molecular weight excluding hydrogens is 302 g/mol. The molecule has 24 heavy (non-hydrogen) atoms. The molecule has 4 aliphatic heterocycles. The Morgan fingerprint density at radius 2 is 1.67 bits per heavy atom. The van der Waals surface area contributed by atoms with Crippen molar-refractivity contribution >= 4 is 18.8 Å². The van der Waals surface area contributed by atoms with Crippen LogP contribution in [0.5, 0.6) is 0 Å². The van der Waals surface area contributed by atoms with E-state index in [1.807, 2.05) is 55.3 Å². The SMILES string of the molecule is C1=CCNC=C1.C1=CNC=NC1.C1=CNCC=N1.C1=CNCN=C1. The van der Waals surface area contributed by atoms with Crippen molar-refractivity contribution in [2.45, 2.75) is 0 Å². The second kappa shape index (κ2) is 16.3. The molecule has 0 spiro atoms. The molecule has 0 radical (unpaired) electrons. The zero-order valence-electron chi connectivity index (χ0n) is 13.7. The predicted octanol–water partition coefficient (Wildman–Crippen LogP) is 1.05. The molecule has 0 aromatic heterocycles. The quantitative estimate of drug-likeness (QED) is 0.536. The first-order valence-corrected chi connectivity index (χ1v) is 7.73. The molecule has 0 aromatic rings. The van der Waals surface area contributed by atoms with Crippen LogP contribution < -0.4 is 21.3 Å². The van der Waals surface area contributed by atoms with E-state index < -0.39 is 0 Å². The number of nitrogens with zero attached hydrogens (tertiary/aromatic N) is 3. The predicted molar refractivity (Wildman–Crippen MR) is 103 cm³/mol. The van der Waals surface area contributed by atoms with Crippen LogP contribution in [0, 0.1) is 0 Å². The van der Waals surface area contributed by atoms with Crippen LogP contribution in [0.25, 0.3) is 0 Å². The van der Waals surface area contributed by atoms with Gasteiger partial charge in [0, 0.05) is 37.9 Å². The van der Waals surface area contributed by atoms with Gasteiger partial charge in [0.2, 0.25) is 0 Å². The summed E-state index contributed by atoms with van der Waals surface area (Å²) in [7, 11) is 0. The van der Waals surface area contributed by atoms with Gasteiger partial charge in [0.25, 0.3) is 0 Å². The van der Waals surface area contributed by atoms with Gasteiger partial charge in [-0.1, -0.05) is 12.2 Å². The molecule has 0 bridgehead atoms. The molecule has 4 aliphatic rings. The number of rotatable bonds is 0. The van der Waals surface area contributed by atoms with Crippen LogP contribution >= 0.6 is 0 Å². The molecule has 0 aliphatic carbocycles. The van der Waals surface area contributed by atoms with Crippen LogP contribution in [0.1, 0.15) is 0 Å². The second-order valence-corrected chi connectivity index (χ2v) is 4.37. The Kier molecular flexibility index (Phi) is 12.9. The summed E-state index contributed by atoms with van der Waals surface area (Å²) in [5.41, 5.74) is 0. The molecule has 0 amide bonds. The zero-order chi connectivity index (χ0) is 17.0. The van der Waals surface area contributed by atoms with E-state index in [1.165, 1.54) is 0 Å². The van der Waals surface area contributed by atoms with Crippen LogP contribution in [0.2, 0.25) is 0 Å². The van der Waals surface area contributed by atoms with E-state index in [-0.39, 0.29) is 0 Å². The summed E-state index contributed by atoms with van der Waals surface area (Å²) in [5.74, 6) is 0. The lowest BCUT2D eigenvalue weighted by atomic mass is 10.4. The molecule has 0 fully saturated rings. The Morgan fingerprint density at radius 3 is 1.83 bits per heavy atom. The Labute approximate surface area is 143 Å². The third-order valence-corrected chi connectivity index (χ3v) is 2.47. The number of dihydropyridines is 1. The summed E-state index contributed by atoms with van der Waals surface area (Å²) in [6.45, 7) is 3.41. The summed E-state index contributed by atoms with van der Waals surface area (Å²) in [5, 5.41) is 11.7. The van der Waals surface area contributed by atoms with E-state index in [0.717, 1.165) is 26.3 Å². The third-order valence-electron chi connectivity index (χ3n) is 2.47. The van der Waals surface area contributed by atoms with E-state index in [2.05, 4.69) is 42.3 Å². The minimum absolute atomic E-state index is 0.733. The molecule has 4 heterocycles. The van der Waals surface area contributed by atoms with Crippen molar-refractivity contribution < 1.29 is 0 Å². The number of allylic oxidation sites excluding steroid dienone is 3. The van der Waals surface area contributed by atoms with E-state index >= 15 is 0 Å². The van der Waals surface area contributed by atoms with Gasteiger partial charge in [-0.05, 0) is 36.8 Å². The number of aliphatic imine (C=N–C) groups is 3. The maximum Gasteiger partial charge on any atom is 0.107 e. The Balaban J connectivity index is 0.000000160. The summed E-state index contributed by atoms with van der Waals surface area (Å²) in [4.78, 5) is 11.5. The lowest BCUT2D eigenvalue weighted by Crippen LogP contribution is -2.09. The normalized spacial score (nSPS) is 17.3. The van der Waals surface area contributed by atoms with Gasteiger partial charge in [-0.3, -0.25) is 15.0 Å². The largest absolute Gasteiger partial charge is 0.387 e. The van der Waals surface area contributed by atoms with Crippen molar-refractivity contribution in [2.75, 3.05) is 26.3 Å². The minimum atomic E-state index is 0.733. The lowest BCUT2D eigenvalue weighted by Gasteiger charge is -1.94. The average Bonchev–Trinajstić information content (AvgIpc) is 2.75. The molecule has 128 valence electrons. The summed E-state index contributed by atoms with van der Waals surface area (Å²) < 4.78 is 0. The summed E-state index contributed by atoms with van der Waals surface area (Å²) >= 11 is 0. The van der Waals surface area contributed by atoms with Crippen molar-refractivity contribution in [3.05, 3.63) is 61.4 Å². The first kappa shape index (κ1) is 19.0. The van der Waals surface area contributed by atoms with Gasteiger partial charge in [-0.25, -0.2) is 0 Å². The molecule has 7 heteroatoms. The van der Waals surface area contributed by atoms with Crippen LogP contribution in [0.4, 0.5) is 0 Å². The second-order valence-electron chi connectivity index (χ2n) is 4.37. The van der Waals surface area contributed by atoms with Gasteiger partial charge < -0.3 is 21.3 Å². The summed E-state index contributed by atoms with van der Waals surface area (Å²) in [6, 6.07) is 0. The number of hydrogen-bond donors (Lipinski definition) is 4. The third kappa shape index (κ3) is 13.9. The minimum Gasteiger partial charge on any atom is -0.387 e. The highest BCUT2D eigenvalue weighted by Crippen LogP contribution is 1.79. The Hall–Kier alpha value is -3.09. The topological polar surface area (TPSA) is 85.2 Å². The van der Waals surface area contributed by atoms with E-state index in [4.69, 9.17) is 0 Å². The molecule has 7 nitrogen and oxygen atoms in total. The molecule has 0 aromatic carbocycles. The van der Waals surface area contributed by atoms with Crippen molar-refractivity contribution in [2.24, 2.45) is 15.0 Å². The van der Waals surface area contributed by atoms with Crippen molar-refractivity contribution in [1.82, 2.24) is 21.3 Å². The van der Waals surface area contributed by atoms with Crippen LogP contribution in [0.3, 0.4) is 0 Å². The first-order valence-electron chi connectivity index (χ1n) is 7.73. The average molecular weight is 327 g/mol. The van der Waals surface area contributed by atoms with Gasteiger partial charge in [0.1, 0.15) is 6.67 Å². The van der Waals surface area contributed by atoms with Gasteiger partial charge >= 0.3 is 0 Å². The maximum absolute atomic E-state index is 3.85. The zero-order valence-corrected chi connectivity index (χ0v) is 13.7. The van der Waals surface area contributed by atoms with E-state index in [9.17, 15) is 0 Å². The van der Waals surface area contributed by atoms with E-state index in [1.54, 1.807) is 18.8 Å². The molecule has 0 unspecified atom stereocenters. The summed E-state index contributed by atoms with van der Waals surface area (Å²) in [6.07, 6.45) is 24.4. The van der Waals surface area contributed by atoms with Crippen LogP contribution in [0.15, 0.2) is 76.4 Å². The highest BCUT2D eigenvalue weighted by atomic mass is 15.0. The van der Waals surface area contributed by atoms with Gasteiger partial charge in [-0.2, -0.15) is 0 Å².